The summed E-state index contributed by atoms with van der Waals surface area (Å²) >= 11 is 6.41. The van der Waals surface area contributed by atoms with Gasteiger partial charge in [-0.1, -0.05) is 23.7 Å². The van der Waals surface area contributed by atoms with Crippen LogP contribution in [-0.4, -0.2) is 52.1 Å². The van der Waals surface area contributed by atoms with Crippen LogP contribution < -0.4 is 15.6 Å². The summed E-state index contributed by atoms with van der Waals surface area (Å²) in [4.78, 5) is 37.9. The van der Waals surface area contributed by atoms with E-state index in [4.69, 9.17) is 21.3 Å². The fourth-order valence-corrected chi connectivity index (χ4v) is 4.57. The standard InChI is InChI=1S/C29H32ClN5O3/c1-6-38-24-9-7-8-20(13-24)28-33-27-25(29(37)35(28)17-26(36)32-18(2)3)14-22(15-31-27)21-10-19(16-34(4)5)11-23(30)12-21/h7-15,18H,6,16-17H2,1-5H3,(H,32,36). The Labute approximate surface area is 227 Å². The predicted octanol–water partition coefficient (Wildman–Crippen LogP) is 4.76. The quantitative estimate of drug-likeness (QED) is 0.333. The minimum atomic E-state index is -0.351. The third-order valence-corrected chi connectivity index (χ3v) is 5.97. The fourth-order valence-electron chi connectivity index (χ4n) is 4.31. The molecule has 1 amide bonds. The lowest BCUT2D eigenvalue weighted by Gasteiger charge is -2.16. The molecule has 4 rings (SSSR count). The van der Waals surface area contributed by atoms with Crippen molar-refractivity contribution in [2.45, 2.75) is 39.9 Å². The van der Waals surface area contributed by atoms with Crippen LogP contribution in [0.3, 0.4) is 0 Å². The van der Waals surface area contributed by atoms with Crippen molar-refractivity contribution in [2.24, 2.45) is 0 Å². The highest BCUT2D eigenvalue weighted by atomic mass is 35.5. The Bertz CT molecular complexity index is 1530. The van der Waals surface area contributed by atoms with Crippen LogP contribution in [0.1, 0.15) is 26.3 Å². The number of halogens is 1. The predicted molar refractivity (Wildman–Crippen MR) is 152 cm³/mol. The summed E-state index contributed by atoms with van der Waals surface area (Å²) < 4.78 is 7.04. The Morgan fingerprint density at radius 1 is 1.11 bits per heavy atom. The summed E-state index contributed by atoms with van der Waals surface area (Å²) in [5.41, 5.74) is 3.23. The largest absolute Gasteiger partial charge is 0.494 e. The highest BCUT2D eigenvalue weighted by molar-refractivity contribution is 6.31. The Hall–Kier alpha value is -3.75. The van der Waals surface area contributed by atoms with E-state index in [1.165, 1.54) is 4.57 Å². The Kier molecular flexibility index (Phi) is 8.44. The monoisotopic (exact) mass is 533 g/mol. The molecule has 2 aromatic carbocycles. The van der Waals surface area contributed by atoms with Crippen LogP contribution in [0.4, 0.5) is 0 Å². The average Bonchev–Trinajstić information content (AvgIpc) is 2.84. The summed E-state index contributed by atoms with van der Waals surface area (Å²) in [7, 11) is 3.98. The second kappa shape index (κ2) is 11.8. The molecule has 8 nitrogen and oxygen atoms in total. The lowest BCUT2D eigenvalue weighted by atomic mass is 10.0. The number of amides is 1. The minimum absolute atomic E-state index is 0.0659. The number of aromatic nitrogens is 3. The maximum atomic E-state index is 13.9. The van der Waals surface area contributed by atoms with Gasteiger partial charge in [0.2, 0.25) is 5.91 Å². The van der Waals surface area contributed by atoms with E-state index in [1.807, 2.05) is 71.3 Å². The maximum Gasteiger partial charge on any atom is 0.263 e. The number of pyridine rings is 1. The Morgan fingerprint density at radius 3 is 2.61 bits per heavy atom. The minimum Gasteiger partial charge on any atom is -0.494 e. The number of hydrogen-bond donors (Lipinski definition) is 1. The van der Waals surface area contributed by atoms with Gasteiger partial charge in [0, 0.05) is 34.9 Å². The van der Waals surface area contributed by atoms with Crippen molar-refractivity contribution in [2.75, 3.05) is 20.7 Å². The molecule has 2 heterocycles. The van der Waals surface area contributed by atoms with Crippen LogP contribution in [0.15, 0.2) is 59.5 Å². The summed E-state index contributed by atoms with van der Waals surface area (Å²) in [5, 5.41) is 3.78. The zero-order chi connectivity index (χ0) is 27.4. The topological polar surface area (TPSA) is 89.4 Å². The van der Waals surface area contributed by atoms with Gasteiger partial charge < -0.3 is 15.0 Å². The average molecular weight is 534 g/mol. The summed E-state index contributed by atoms with van der Waals surface area (Å²) in [6.45, 7) is 6.69. The fraction of sp³-hybridized carbons (Fsp3) is 0.310. The molecule has 4 aromatic rings. The van der Waals surface area contributed by atoms with E-state index in [0.717, 1.165) is 23.2 Å². The van der Waals surface area contributed by atoms with Crippen LogP contribution in [0.2, 0.25) is 5.02 Å². The first-order valence-corrected chi connectivity index (χ1v) is 12.9. The van der Waals surface area contributed by atoms with Crippen LogP contribution >= 0.6 is 11.6 Å². The molecule has 0 spiro atoms. The molecular weight excluding hydrogens is 502 g/mol. The molecule has 2 aromatic heterocycles. The molecule has 0 saturated heterocycles. The zero-order valence-electron chi connectivity index (χ0n) is 22.3. The molecular formula is C29H32ClN5O3. The van der Waals surface area contributed by atoms with Gasteiger partial charge in [0.25, 0.3) is 5.56 Å². The van der Waals surface area contributed by atoms with Crippen molar-refractivity contribution < 1.29 is 9.53 Å². The second-order valence-corrected chi connectivity index (χ2v) is 10.1. The van der Waals surface area contributed by atoms with E-state index in [-0.39, 0.29) is 24.1 Å². The molecule has 1 N–H and O–H groups in total. The van der Waals surface area contributed by atoms with E-state index in [0.29, 0.717) is 39.8 Å². The molecule has 0 atom stereocenters. The first-order valence-electron chi connectivity index (χ1n) is 12.5. The summed E-state index contributed by atoms with van der Waals surface area (Å²) in [6, 6.07) is 14.8. The van der Waals surface area contributed by atoms with Gasteiger partial charge in [-0.3, -0.25) is 14.2 Å². The number of nitrogens with one attached hydrogen (secondary N) is 1. The van der Waals surface area contributed by atoms with E-state index in [9.17, 15) is 9.59 Å². The first-order chi connectivity index (χ1) is 18.1. The second-order valence-electron chi connectivity index (χ2n) is 9.69. The van der Waals surface area contributed by atoms with Crippen LogP contribution in [-0.2, 0) is 17.9 Å². The lowest BCUT2D eigenvalue weighted by molar-refractivity contribution is -0.122. The van der Waals surface area contributed by atoms with Gasteiger partial charge in [0.15, 0.2) is 5.65 Å². The maximum absolute atomic E-state index is 13.9. The van der Waals surface area contributed by atoms with Crippen LogP contribution in [0.5, 0.6) is 5.75 Å². The SMILES string of the molecule is CCOc1cccc(-c2nc3ncc(-c4cc(Cl)cc(CN(C)C)c4)cc3c(=O)n2CC(=O)NC(C)C)c1. The molecule has 0 bridgehead atoms. The van der Waals surface area contributed by atoms with Crippen molar-refractivity contribution in [1.82, 2.24) is 24.8 Å². The van der Waals surface area contributed by atoms with Gasteiger partial charge in [0.1, 0.15) is 18.1 Å². The molecule has 0 unspecified atom stereocenters. The molecule has 9 heteroatoms. The van der Waals surface area contributed by atoms with Gasteiger partial charge in [0.05, 0.1) is 12.0 Å². The van der Waals surface area contributed by atoms with Gasteiger partial charge in [-0.25, -0.2) is 9.97 Å². The van der Waals surface area contributed by atoms with Gasteiger partial charge in [-0.05, 0) is 82.4 Å². The molecule has 0 aliphatic rings. The number of fused-ring (bicyclic) bond motifs is 1. The number of carbonyl (C=O) groups excluding carboxylic acids is 1. The normalized spacial score (nSPS) is 11.4. The molecule has 0 saturated carbocycles. The number of rotatable bonds is 9. The molecule has 198 valence electrons. The number of carbonyl (C=O) groups is 1. The van der Waals surface area contributed by atoms with Crippen LogP contribution in [0, 0.1) is 0 Å². The van der Waals surface area contributed by atoms with Crippen molar-refractivity contribution >= 4 is 28.5 Å². The lowest BCUT2D eigenvalue weighted by Crippen LogP contribution is -2.37. The number of nitrogens with zero attached hydrogens (tertiary/aromatic N) is 4. The van der Waals surface area contributed by atoms with Crippen molar-refractivity contribution in [3.05, 3.63) is 75.7 Å². The van der Waals surface area contributed by atoms with E-state index < -0.39 is 0 Å². The third-order valence-electron chi connectivity index (χ3n) is 5.75. The summed E-state index contributed by atoms with van der Waals surface area (Å²) in [5.74, 6) is 0.715. The zero-order valence-corrected chi connectivity index (χ0v) is 23.0. The van der Waals surface area contributed by atoms with Crippen molar-refractivity contribution in [1.29, 1.82) is 0 Å². The molecule has 38 heavy (non-hydrogen) atoms. The first kappa shape index (κ1) is 27.3. The summed E-state index contributed by atoms with van der Waals surface area (Å²) in [6.07, 6.45) is 1.69. The van der Waals surface area contributed by atoms with Gasteiger partial charge >= 0.3 is 0 Å². The van der Waals surface area contributed by atoms with Crippen molar-refractivity contribution in [3.8, 4) is 28.3 Å². The number of hydrogen-bond acceptors (Lipinski definition) is 6. The number of benzene rings is 2. The molecule has 0 aliphatic heterocycles. The highest BCUT2D eigenvalue weighted by Crippen LogP contribution is 2.28. The van der Waals surface area contributed by atoms with E-state index in [2.05, 4.69) is 15.2 Å². The number of ether oxygens (including phenoxy) is 1. The Balaban J connectivity index is 1.88. The molecule has 0 fully saturated rings. The molecule has 0 radical (unpaired) electrons. The third kappa shape index (κ3) is 6.38. The van der Waals surface area contributed by atoms with E-state index >= 15 is 0 Å². The van der Waals surface area contributed by atoms with Crippen molar-refractivity contribution in [3.63, 3.8) is 0 Å². The van der Waals surface area contributed by atoms with Crippen LogP contribution in [0.25, 0.3) is 33.5 Å². The smallest absolute Gasteiger partial charge is 0.263 e. The van der Waals surface area contributed by atoms with Gasteiger partial charge in [-0.2, -0.15) is 0 Å². The highest BCUT2D eigenvalue weighted by Gasteiger charge is 2.18. The molecule has 0 aliphatic carbocycles. The van der Waals surface area contributed by atoms with Gasteiger partial charge in [-0.15, -0.1) is 0 Å². The van der Waals surface area contributed by atoms with E-state index in [1.54, 1.807) is 18.3 Å². The Morgan fingerprint density at radius 2 is 1.89 bits per heavy atom.